The van der Waals surface area contributed by atoms with Gasteiger partial charge in [0.2, 0.25) is 0 Å². The molecule has 0 fully saturated rings. The molecule has 0 aliphatic carbocycles. The zero-order chi connectivity index (χ0) is 25.3. The summed E-state index contributed by atoms with van der Waals surface area (Å²) in [5.41, 5.74) is 28.3. The Labute approximate surface area is 204 Å². The number of benzene rings is 3. The van der Waals surface area contributed by atoms with Crippen LogP contribution in [0.2, 0.25) is 0 Å². The van der Waals surface area contributed by atoms with Crippen LogP contribution in [-0.2, 0) is 0 Å². The monoisotopic (exact) mass is 540 g/mol. The van der Waals surface area contributed by atoms with Crippen LogP contribution < -0.4 is 13.6 Å². The average Bonchev–Trinajstić information content (AvgIpc) is 2.86. The number of hydrogen-bond donors (Lipinski definition) is 0. The molecule has 1 heterocycles. The first-order chi connectivity index (χ1) is 17.5. The summed E-state index contributed by atoms with van der Waals surface area (Å²) in [6, 6.07) is 24.9. The van der Waals surface area contributed by atoms with Gasteiger partial charge in [-0.05, 0) is 53.0 Å². The molecule has 180 valence electrons. The smallest absolute Gasteiger partial charge is 0.347 e. The third-order valence-electron chi connectivity index (χ3n) is 4.08. The SMILES string of the molecule is [N-]=[N+]=NP1(Oc2ccccc2)=NP(N=[N+]=[N-])(Oc2ccccc2)=NP(N=[N+]=[N-])(Oc2ccccc2)=N1. The van der Waals surface area contributed by atoms with Crippen LogP contribution in [0.4, 0.5) is 0 Å². The Morgan fingerprint density at radius 2 is 0.722 bits per heavy atom. The normalized spacial score (nSPS) is 24.0. The maximum absolute atomic E-state index is 9.43. The number of rotatable bonds is 9. The van der Waals surface area contributed by atoms with E-state index in [1.165, 1.54) is 0 Å². The second kappa shape index (κ2) is 11.0. The van der Waals surface area contributed by atoms with Crippen LogP contribution in [0.5, 0.6) is 17.2 Å². The predicted molar refractivity (Wildman–Crippen MR) is 137 cm³/mol. The van der Waals surface area contributed by atoms with Crippen LogP contribution >= 0.6 is 22.7 Å². The molecular weight excluding hydrogens is 525 g/mol. The average molecular weight is 540 g/mol. The minimum Gasteiger partial charge on any atom is -0.437 e. The minimum absolute atomic E-state index is 0.241. The molecule has 15 nitrogen and oxygen atoms in total. The van der Waals surface area contributed by atoms with Crippen LogP contribution in [0.1, 0.15) is 0 Å². The predicted octanol–water partition coefficient (Wildman–Crippen LogP) is 10.0. The summed E-state index contributed by atoms with van der Waals surface area (Å²) in [6.07, 6.45) is 0. The molecule has 0 saturated carbocycles. The fraction of sp³-hybridized carbons (Fsp3) is 0. The molecule has 0 amide bonds. The Balaban J connectivity index is 2.07. The number of azide groups is 3. The van der Waals surface area contributed by atoms with E-state index in [-0.39, 0.29) is 17.2 Å². The second-order valence-electron chi connectivity index (χ2n) is 6.56. The third kappa shape index (κ3) is 5.84. The van der Waals surface area contributed by atoms with E-state index in [0.717, 1.165) is 0 Å². The van der Waals surface area contributed by atoms with E-state index >= 15 is 0 Å². The maximum Gasteiger partial charge on any atom is 0.347 e. The fourth-order valence-electron chi connectivity index (χ4n) is 2.81. The molecular formula is C18H15N12O3P3. The van der Waals surface area contributed by atoms with Gasteiger partial charge < -0.3 is 13.6 Å². The summed E-state index contributed by atoms with van der Waals surface area (Å²) in [6.45, 7) is 0. The Morgan fingerprint density at radius 1 is 0.472 bits per heavy atom. The van der Waals surface area contributed by atoms with Crippen molar-refractivity contribution in [3.63, 3.8) is 0 Å². The first kappa shape index (κ1) is 24.8. The quantitative estimate of drug-likeness (QED) is 0.112. The lowest BCUT2D eigenvalue weighted by molar-refractivity contribution is 0.579. The molecule has 4 rings (SSSR count). The molecule has 0 saturated heterocycles. The molecule has 0 unspecified atom stereocenters. The topological polar surface area (TPSA) is 211 Å². The standard InChI is InChI=1S/C18H15N12O3P3/c19-22-25-34(31-16-10-4-1-5-11-16)28-35(26-23-20,32-17-12-6-2-7-13-17)30-36(29-34,27-24-21)33-18-14-8-3-9-15-18/h1-15H. The van der Waals surface area contributed by atoms with Gasteiger partial charge in [-0.1, -0.05) is 54.6 Å². The highest BCUT2D eigenvalue weighted by Crippen LogP contribution is 2.80. The van der Waals surface area contributed by atoms with Crippen molar-refractivity contribution in [2.45, 2.75) is 0 Å². The Bertz CT molecular complexity index is 1360. The van der Waals surface area contributed by atoms with Crippen molar-refractivity contribution in [2.24, 2.45) is 28.2 Å². The molecule has 1 aliphatic rings. The van der Waals surface area contributed by atoms with Crippen molar-refractivity contribution in [2.75, 3.05) is 0 Å². The van der Waals surface area contributed by atoms with Gasteiger partial charge >= 0.3 is 22.7 Å². The van der Waals surface area contributed by atoms with Crippen LogP contribution in [0, 0.1) is 0 Å². The molecule has 0 atom stereocenters. The molecule has 3 aromatic rings. The van der Waals surface area contributed by atoms with Crippen molar-refractivity contribution in [1.82, 2.24) is 0 Å². The molecule has 0 radical (unpaired) electrons. The number of nitrogens with zero attached hydrogens (tertiary/aromatic N) is 12. The lowest BCUT2D eigenvalue weighted by atomic mass is 10.3. The Kier molecular flexibility index (Phi) is 7.54. The van der Waals surface area contributed by atoms with Gasteiger partial charge in [0.05, 0.1) is 0 Å². The summed E-state index contributed by atoms with van der Waals surface area (Å²) in [7, 11) is -12.0. The first-order valence-electron chi connectivity index (χ1n) is 9.89. The van der Waals surface area contributed by atoms with Gasteiger partial charge in [-0.15, -0.1) is 0 Å². The van der Waals surface area contributed by atoms with Crippen molar-refractivity contribution in [3.8, 4) is 17.2 Å². The van der Waals surface area contributed by atoms with Crippen molar-refractivity contribution in [3.05, 3.63) is 122 Å². The lowest BCUT2D eigenvalue weighted by Crippen LogP contribution is -1.99. The zero-order valence-corrected chi connectivity index (χ0v) is 20.8. The highest BCUT2D eigenvalue weighted by atomic mass is 31.3. The van der Waals surface area contributed by atoms with Gasteiger partial charge in [-0.3, -0.25) is 0 Å². The summed E-state index contributed by atoms with van der Waals surface area (Å²) >= 11 is 0. The largest absolute Gasteiger partial charge is 0.437 e. The van der Waals surface area contributed by atoms with E-state index in [9.17, 15) is 16.6 Å². The van der Waals surface area contributed by atoms with Gasteiger partial charge in [0.1, 0.15) is 17.2 Å². The maximum atomic E-state index is 9.43. The van der Waals surface area contributed by atoms with Gasteiger partial charge in [-0.25, -0.2) is 0 Å². The van der Waals surface area contributed by atoms with E-state index in [0.29, 0.717) is 0 Å². The molecule has 18 heteroatoms. The fourth-order valence-corrected chi connectivity index (χ4v) is 11.2. The first-order valence-corrected chi connectivity index (χ1v) is 14.6. The lowest BCUT2D eigenvalue weighted by Gasteiger charge is -2.29. The molecule has 0 N–H and O–H groups in total. The number of hydrogen-bond acceptors (Lipinski definition) is 9. The summed E-state index contributed by atoms with van der Waals surface area (Å²) in [5, 5.41) is 0. The molecule has 0 bridgehead atoms. The van der Waals surface area contributed by atoms with Crippen LogP contribution in [0.25, 0.3) is 31.3 Å². The van der Waals surface area contributed by atoms with E-state index in [4.69, 9.17) is 13.6 Å². The van der Waals surface area contributed by atoms with Crippen LogP contribution in [-0.4, -0.2) is 0 Å². The Hall–Kier alpha value is -4.32. The highest BCUT2D eigenvalue weighted by molar-refractivity contribution is 7.81. The zero-order valence-electron chi connectivity index (χ0n) is 18.1. The van der Waals surface area contributed by atoms with Crippen molar-refractivity contribution >= 4 is 22.7 Å². The highest BCUT2D eigenvalue weighted by Gasteiger charge is 2.41. The van der Waals surface area contributed by atoms with Crippen molar-refractivity contribution in [1.29, 1.82) is 0 Å². The van der Waals surface area contributed by atoms with Gasteiger partial charge in [0.25, 0.3) is 0 Å². The second-order valence-corrected chi connectivity index (χ2v) is 12.9. The summed E-state index contributed by atoms with van der Waals surface area (Å²) < 4.78 is 31.2. The number of para-hydroxylation sites is 3. The van der Waals surface area contributed by atoms with Crippen LogP contribution in [0.15, 0.2) is 119 Å². The molecule has 3 aromatic carbocycles. The molecule has 0 spiro atoms. The van der Waals surface area contributed by atoms with E-state index in [1.807, 2.05) is 0 Å². The van der Waals surface area contributed by atoms with E-state index < -0.39 is 22.7 Å². The minimum atomic E-state index is -4.00. The van der Waals surface area contributed by atoms with Gasteiger partial charge in [-0.2, -0.15) is 13.5 Å². The third-order valence-corrected chi connectivity index (χ3v) is 12.0. The van der Waals surface area contributed by atoms with Gasteiger partial charge in [0, 0.05) is 29.4 Å². The van der Waals surface area contributed by atoms with E-state index in [2.05, 4.69) is 42.9 Å². The van der Waals surface area contributed by atoms with Crippen LogP contribution in [0.3, 0.4) is 0 Å². The molecule has 1 aliphatic heterocycles. The van der Waals surface area contributed by atoms with E-state index in [1.54, 1.807) is 91.0 Å². The van der Waals surface area contributed by atoms with Gasteiger partial charge in [0.15, 0.2) is 0 Å². The molecule has 36 heavy (non-hydrogen) atoms. The Morgan fingerprint density at radius 3 is 0.944 bits per heavy atom. The van der Waals surface area contributed by atoms with Crippen molar-refractivity contribution < 1.29 is 13.6 Å². The molecule has 0 aromatic heterocycles. The summed E-state index contributed by atoms with van der Waals surface area (Å²) in [4.78, 5) is 19.9. The summed E-state index contributed by atoms with van der Waals surface area (Å²) in [5.74, 6) is 0.723.